The first-order valence-corrected chi connectivity index (χ1v) is 8.81. The van der Waals surface area contributed by atoms with Gasteiger partial charge in [-0.05, 0) is 44.9 Å². The summed E-state index contributed by atoms with van der Waals surface area (Å²) in [4.78, 5) is 4.81. The van der Waals surface area contributed by atoms with E-state index in [0.717, 1.165) is 11.7 Å². The van der Waals surface area contributed by atoms with E-state index in [4.69, 9.17) is 4.99 Å². The monoisotopic (exact) mass is 283 g/mol. The number of nitrogens with one attached hydrogen (secondary N) is 1. The summed E-state index contributed by atoms with van der Waals surface area (Å²) in [5.41, 5.74) is 4.03. The number of amidine groups is 1. The molecule has 2 rings (SSSR count). The van der Waals surface area contributed by atoms with E-state index in [-0.39, 0.29) is 0 Å². The van der Waals surface area contributed by atoms with Crippen LogP contribution >= 0.6 is 11.8 Å². The first-order valence-electron chi connectivity index (χ1n) is 7.82. The molecule has 0 aromatic carbocycles. The van der Waals surface area contributed by atoms with Crippen LogP contribution in [0.25, 0.3) is 0 Å². The summed E-state index contributed by atoms with van der Waals surface area (Å²) >= 11 is 1.91. The lowest BCUT2D eigenvalue weighted by Gasteiger charge is -2.41. The Hall–Kier alpha value is -0.220. The molecule has 0 radical (unpaired) electrons. The van der Waals surface area contributed by atoms with Crippen molar-refractivity contribution in [2.75, 3.05) is 12.3 Å². The molecule has 0 aromatic rings. The standard InChI is InChI=1S/C15H29N3S/c1-5-15(6-2)10-16-14(19-11-15)17-18-12(3)8-7-9-13(18)4/h12-13H,5-11H2,1-4H3,(H,16,17). The zero-order valence-electron chi connectivity index (χ0n) is 12.9. The number of hydrogen-bond acceptors (Lipinski definition) is 4. The van der Waals surface area contributed by atoms with Gasteiger partial charge in [-0.15, -0.1) is 0 Å². The van der Waals surface area contributed by atoms with Gasteiger partial charge in [-0.1, -0.05) is 32.0 Å². The third-order valence-corrected chi connectivity index (χ3v) is 6.24. The lowest BCUT2D eigenvalue weighted by Crippen LogP contribution is -2.54. The van der Waals surface area contributed by atoms with Crippen molar-refractivity contribution < 1.29 is 0 Å². The Morgan fingerprint density at radius 1 is 1.26 bits per heavy atom. The fourth-order valence-electron chi connectivity index (χ4n) is 3.05. The van der Waals surface area contributed by atoms with Crippen LogP contribution in [0, 0.1) is 5.41 Å². The molecule has 2 aliphatic rings. The van der Waals surface area contributed by atoms with Crippen molar-refractivity contribution in [3.05, 3.63) is 0 Å². The lowest BCUT2D eigenvalue weighted by atomic mass is 9.84. The van der Waals surface area contributed by atoms with Gasteiger partial charge in [0.05, 0.1) is 0 Å². The van der Waals surface area contributed by atoms with Crippen molar-refractivity contribution in [2.45, 2.75) is 71.9 Å². The SMILES string of the molecule is CCC1(CC)CN=C(NN2C(C)CCCC2C)SC1. The van der Waals surface area contributed by atoms with Crippen molar-refractivity contribution in [2.24, 2.45) is 10.4 Å². The summed E-state index contributed by atoms with van der Waals surface area (Å²) in [7, 11) is 0. The highest BCUT2D eigenvalue weighted by molar-refractivity contribution is 8.13. The van der Waals surface area contributed by atoms with Crippen LogP contribution in [0.5, 0.6) is 0 Å². The Balaban J connectivity index is 1.95. The molecule has 0 bridgehead atoms. The van der Waals surface area contributed by atoms with E-state index in [2.05, 4.69) is 38.1 Å². The molecule has 4 heteroatoms. The molecular weight excluding hydrogens is 254 g/mol. The van der Waals surface area contributed by atoms with E-state index in [9.17, 15) is 0 Å². The molecule has 0 aromatic heterocycles. The molecule has 0 amide bonds. The average molecular weight is 283 g/mol. The first-order chi connectivity index (χ1) is 9.10. The summed E-state index contributed by atoms with van der Waals surface area (Å²) in [5.74, 6) is 1.21. The third-order valence-electron chi connectivity index (χ3n) is 4.99. The zero-order chi connectivity index (χ0) is 13.9. The van der Waals surface area contributed by atoms with E-state index < -0.39 is 0 Å². The molecule has 2 heterocycles. The Kier molecular flexibility index (Phi) is 5.18. The Bertz CT molecular complexity index is 315. The lowest BCUT2D eigenvalue weighted by molar-refractivity contribution is 0.0749. The number of hydrogen-bond donors (Lipinski definition) is 1. The molecule has 1 fully saturated rings. The van der Waals surface area contributed by atoms with Crippen molar-refractivity contribution >= 4 is 16.9 Å². The fourth-order valence-corrected chi connectivity index (χ4v) is 4.32. The number of piperidine rings is 1. The highest BCUT2D eigenvalue weighted by Gasteiger charge is 2.32. The van der Waals surface area contributed by atoms with Gasteiger partial charge in [-0.2, -0.15) is 0 Å². The number of nitrogens with zero attached hydrogens (tertiary/aromatic N) is 2. The summed E-state index contributed by atoms with van der Waals surface area (Å²) in [6.45, 7) is 10.2. The van der Waals surface area contributed by atoms with Crippen molar-refractivity contribution in [1.29, 1.82) is 0 Å². The van der Waals surface area contributed by atoms with Gasteiger partial charge in [0.25, 0.3) is 0 Å². The van der Waals surface area contributed by atoms with Crippen LogP contribution in [0.3, 0.4) is 0 Å². The summed E-state index contributed by atoms with van der Waals surface area (Å²) in [6, 6.07) is 1.24. The van der Waals surface area contributed by atoms with Crippen LogP contribution in [-0.4, -0.2) is 34.6 Å². The van der Waals surface area contributed by atoms with Crippen LogP contribution in [0.2, 0.25) is 0 Å². The quantitative estimate of drug-likeness (QED) is 0.856. The Morgan fingerprint density at radius 3 is 2.37 bits per heavy atom. The van der Waals surface area contributed by atoms with Gasteiger partial charge in [0.15, 0.2) is 5.17 Å². The molecular formula is C15H29N3S. The summed E-state index contributed by atoms with van der Waals surface area (Å²) in [6.07, 6.45) is 6.43. The summed E-state index contributed by atoms with van der Waals surface area (Å²) < 4.78 is 0. The Labute approximate surface area is 122 Å². The van der Waals surface area contributed by atoms with Gasteiger partial charge < -0.3 is 0 Å². The minimum absolute atomic E-state index is 0.439. The van der Waals surface area contributed by atoms with E-state index in [1.54, 1.807) is 0 Å². The minimum Gasteiger partial charge on any atom is -0.297 e. The van der Waals surface area contributed by atoms with Crippen molar-refractivity contribution in [1.82, 2.24) is 10.4 Å². The smallest absolute Gasteiger partial charge is 0.171 e. The maximum absolute atomic E-state index is 4.81. The average Bonchev–Trinajstić information content (AvgIpc) is 2.44. The molecule has 2 atom stereocenters. The number of thioether (sulfide) groups is 1. The molecule has 0 saturated carbocycles. The maximum atomic E-state index is 4.81. The van der Waals surface area contributed by atoms with E-state index in [1.807, 2.05) is 11.8 Å². The molecule has 0 aliphatic carbocycles. The zero-order valence-corrected chi connectivity index (χ0v) is 13.7. The molecule has 2 aliphatic heterocycles. The van der Waals surface area contributed by atoms with Gasteiger partial charge in [0.1, 0.15) is 0 Å². The third kappa shape index (κ3) is 3.46. The van der Waals surface area contributed by atoms with Gasteiger partial charge in [0.2, 0.25) is 0 Å². The van der Waals surface area contributed by atoms with Crippen LogP contribution in [0.15, 0.2) is 4.99 Å². The molecule has 0 spiro atoms. The van der Waals surface area contributed by atoms with E-state index in [1.165, 1.54) is 37.9 Å². The molecule has 110 valence electrons. The highest BCUT2D eigenvalue weighted by Crippen LogP contribution is 2.35. The normalized spacial score (nSPS) is 31.9. The van der Waals surface area contributed by atoms with Crippen LogP contribution in [0.1, 0.15) is 59.8 Å². The topological polar surface area (TPSA) is 27.6 Å². The maximum Gasteiger partial charge on any atom is 0.171 e. The van der Waals surface area contributed by atoms with Gasteiger partial charge in [-0.25, -0.2) is 5.01 Å². The Morgan fingerprint density at radius 2 is 1.89 bits per heavy atom. The van der Waals surface area contributed by atoms with E-state index >= 15 is 0 Å². The van der Waals surface area contributed by atoms with Crippen LogP contribution < -0.4 is 5.43 Å². The van der Waals surface area contributed by atoms with Gasteiger partial charge in [0, 0.05) is 24.4 Å². The predicted octanol–water partition coefficient (Wildman–Crippen LogP) is 3.66. The van der Waals surface area contributed by atoms with E-state index in [0.29, 0.717) is 17.5 Å². The fraction of sp³-hybridized carbons (Fsp3) is 0.933. The first kappa shape index (κ1) is 15.2. The number of aliphatic imine (C=N–C) groups is 1. The number of rotatable bonds is 3. The second kappa shape index (κ2) is 6.49. The second-order valence-corrected chi connectivity index (χ2v) is 7.23. The molecule has 3 nitrogen and oxygen atoms in total. The highest BCUT2D eigenvalue weighted by atomic mass is 32.2. The minimum atomic E-state index is 0.439. The predicted molar refractivity (Wildman–Crippen MR) is 85.5 cm³/mol. The van der Waals surface area contributed by atoms with Crippen molar-refractivity contribution in [3.63, 3.8) is 0 Å². The molecule has 1 saturated heterocycles. The van der Waals surface area contributed by atoms with Crippen molar-refractivity contribution in [3.8, 4) is 0 Å². The largest absolute Gasteiger partial charge is 0.297 e. The molecule has 1 N–H and O–H groups in total. The summed E-state index contributed by atoms with van der Waals surface area (Å²) in [5, 5.41) is 3.55. The molecule has 19 heavy (non-hydrogen) atoms. The van der Waals surface area contributed by atoms with Gasteiger partial charge in [-0.3, -0.25) is 10.4 Å². The number of hydrazine groups is 1. The van der Waals surface area contributed by atoms with Gasteiger partial charge >= 0.3 is 0 Å². The second-order valence-electron chi connectivity index (χ2n) is 6.27. The van der Waals surface area contributed by atoms with Crippen LogP contribution in [-0.2, 0) is 0 Å². The van der Waals surface area contributed by atoms with Crippen LogP contribution in [0.4, 0.5) is 0 Å². The molecule has 2 unspecified atom stereocenters.